The molecule has 1 saturated heterocycles. The molecule has 1 aliphatic heterocycles. The summed E-state index contributed by atoms with van der Waals surface area (Å²) >= 11 is 0. The van der Waals surface area contributed by atoms with Crippen molar-refractivity contribution in [1.29, 1.82) is 0 Å². The van der Waals surface area contributed by atoms with E-state index in [1.54, 1.807) is 0 Å². The lowest BCUT2D eigenvalue weighted by Gasteiger charge is -2.26. The third kappa shape index (κ3) is 4.12. The van der Waals surface area contributed by atoms with Crippen LogP contribution in [0.1, 0.15) is 24.9 Å². The predicted molar refractivity (Wildman–Crippen MR) is 69.6 cm³/mol. The molecule has 0 radical (unpaired) electrons. The van der Waals surface area contributed by atoms with Crippen LogP contribution in [0.4, 0.5) is 0 Å². The molecule has 0 spiro atoms. The number of nitrogens with zero attached hydrogens (tertiary/aromatic N) is 1. The first-order valence-electron chi connectivity index (χ1n) is 6.73. The maximum absolute atomic E-state index is 5.77. The zero-order chi connectivity index (χ0) is 12.8. The third-order valence-electron chi connectivity index (χ3n) is 3.04. The fourth-order valence-corrected chi connectivity index (χ4v) is 2.21. The second kappa shape index (κ2) is 6.92. The van der Waals surface area contributed by atoms with Crippen LogP contribution < -0.4 is 0 Å². The molecule has 2 heterocycles. The average molecular weight is 253 g/mol. The molecule has 0 aliphatic carbocycles. The van der Waals surface area contributed by atoms with Crippen molar-refractivity contribution in [2.75, 3.05) is 33.4 Å². The van der Waals surface area contributed by atoms with Gasteiger partial charge in [-0.2, -0.15) is 0 Å². The molecule has 1 aromatic heterocycles. The standard InChI is InChI=1S/C14H23NO3/c1-3-4-12-5-6-13(18-12)9-15(2)10-14-11-16-7-8-17-14/h5-6,14H,3-4,7-11H2,1-2H3/t14-/m0/s1. The van der Waals surface area contributed by atoms with Crippen molar-refractivity contribution in [3.63, 3.8) is 0 Å². The summed E-state index contributed by atoms with van der Waals surface area (Å²) in [4.78, 5) is 2.22. The number of furan rings is 1. The summed E-state index contributed by atoms with van der Waals surface area (Å²) in [7, 11) is 2.08. The number of ether oxygens (including phenoxy) is 2. The van der Waals surface area contributed by atoms with Crippen molar-refractivity contribution in [1.82, 2.24) is 4.90 Å². The Morgan fingerprint density at radius 2 is 2.11 bits per heavy atom. The first-order valence-corrected chi connectivity index (χ1v) is 6.73. The summed E-state index contributed by atoms with van der Waals surface area (Å²) in [6.45, 7) is 5.99. The van der Waals surface area contributed by atoms with Crippen molar-refractivity contribution in [2.45, 2.75) is 32.4 Å². The molecule has 2 rings (SSSR count). The Labute approximate surface area is 109 Å². The lowest BCUT2D eigenvalue weighted by molar-refractivity contribution is -0.0965. The summed E-state index contributed by atoms with van der Waals surface area (Å²) in [5.41, 5.74) is 0. The maximum atomic E-state index is 5.77. The smallest absolute Gasteiger partial charge is 0.118 e. The third-order valence-corrected chi connectivity index (χ3v) is 3.04. The van der Waals surface area contributed by atoms with Gasteiger partial charge >= 0.3 is 0 Å². The zero-order valence-corrected chi connectivity index (χ0v) is 11.4. The Balaban J connectivity index is 1.76. The van der Waals surface area contributed by atoms with Gasteiger partial charge < -0.3 is 13.9 Å². The van der Waals surface area contributed by atoms with Gasteiger partial charge in [0, 0.05) is 13.0 Å². The Bertz CT molecular complexity index is 345. The molecule has 4 heteroatoms. The van der Waals surface area contributed by atoms with E-state index in [2.05, 4.69) is 31.0 Å². The lowest BCUT2D eigenvalue weighted by atomic mass is 10.3. The highest BCUT2D eigenvalue weighted by Gasteiger charge is 2.17. The molecule has 0 unspecified atom stereocenters. The van der Waals surface area contributed by atoms with Crippen LogP contribution in [0.2, 0.25) is 0 Å². The Morgan fingerprint density at radius 1 is 1.28 bits per heavy atom. The highest BCUT2D eigenvalue weighted by atomic mass is 16.6. The van der Waals surface area contributed by atoms with Gasteiger partial charge in [-0.3, -0.25) is 4.90 Å². The van der Waals surface area contributed by atoms with E-state index < -0.39 is 0 Å². The van der Waals surface area contributed by atoms with Gasteiger partial charge in [0.1, 0.15) is 11.5 Å². The van der Waals surface area contributed by atoms with E-state index in [4.69, 9.17) is 13.9 Å². The van der Waals surface area contributed by atoms with Crippen LogP contribution in [-0.4, -0.2) is 44.4 Å². The van der Waals surface area contributed by atoms with E-state index in [0.29, 0.717) is 13.2 Å². The van der Waals surface area contributed by atoms with Crippen molar-refractivity contribution in [2.24, 2.45) is 0 Å². The summed E-state index contributed by atoms with van der Waals surface area (Å²) < 4.78 is 16.8. The molecule has 1 atom stereocenters. The van der Waals surface area contributed by atoms with Crippen molar-refractivity contribution in [3.05, 3.63) is 23.7 Å². The van der Waals surface area contributed by atoms with E-state index in [0.717, 1.165) is 44.1 Å². The van der Waals surface area contributed by atoms with Gasteiger partial charge in [-0.05, 0) is 25.6 Å². The second-order valence-corrected chi connectivity index (χ2v) is 4.88. The number of rotatable bonds is 6. The minimum atomic E-state index is 0.189. The van der Waals surface area contributed by atoms with Gasteiger partial charge in [0.2, 0.25) is 0 Å². The van der Waals surface area contributed by atoms with Crippen LogP contribution in [0.5, 0.6) is 0 Å². The molecule has 0 bridgehead atoms. The van der Waals surface area contributed by atoms with Gasteiger partial charge in [0.25, 0.3) is 0 Å². The topological polar surface area (TPSA) is 34.8 Å². The van der Waals surface area contributed by atoms with E-state index >= 15 is 0 Å². The summed E-state index contributed by atoms with van der Waals surface area (Å²) in [5, 5.41) is 0. The Morgan fingerprint density at radius 3 is 2.83 bits per heavy atom. The van der Waals surface area contributed by atoms with Crippen LogP contribution in [0.15, 0.2) is 16.5 Å². The van der Waals surface area contributed by atoms with Gasteiger partial charge in [0.05, 0.1) is 32.5 Å². The fourth-order valence-electron chi connectivity index (χ4n) is 2.21. The van der Waals surface area contributed by atoms with Crippen molar-refractivity contribution in [3.8, 4) is 0 Å². The SMILES string of the molecule is CCCc1ccc(CN(C)C[C@H]2COCCO2)o1. The average Bonchev–Trinajstić information content (AvgIpc) is 2.78. The van der Waals surface area contributed by atoms with E-state index in [-0.39, 0.29) is 6.10 Å². The molecular weight excluding hydrogens is 230 g/mol. The van der Waals surface area contributed by atoms with Crippen molar-refractivity contribution < 1.29 is 13.9 Å². The summed E-state index contributed by atoms with van der Waals surface area (Å²) in [5.74, 6) is 2.11. The second-order valence-electron chi connectivity index (χ2n) is 4.88. The number of likely N-dealkylation sites (N-methyl/N-ethyl adjacent to an activating group) is 1. The van der Waals surface area contributed by atoms with Crippen LogP contribution in [0.3, 0.4) is 0 Å². The highest BCUT2D eigenvalue weighted by Crippen LogP contribution is 2.12. The van der Waals surface area contributed by atoms with Gasteiger partial charge in [-0.1, -0.05) is 6.92 Å². The minimum Gasteiger partial charge on any atom is -0.465 e. The Hall–Kier alpha value is -0.840. The normalized spacial score (nSPS) is 20.5. The number of hydrogen-bond donors (Lipinski definition) is 0. The number of hydrogen-bond acceptors (Lipinski definition) is 4. The molecule has 102 valence electrons. The first kappa shape index (κ1) is 13.6. The van der Waals surface area contributed by atoms with Crippen LogP contribution >= 0.6 is 0 Å². The molecule has 0 aromatic carbocycles. The largest absolute Gasteiger partial charge is 0.465 e. The lowest BCUT2D eigenvalue weighted by Crippen LogP contribution is -2.38. The molecule has 0 N–H and O–H groups in total. The molecular formula is C14H23NO3. The monoisotopic (exact) mass is 253 g/mol. The first-order chi connectivity index (χ1) is 8.78. The molecule has 0 saturated carbocycles. The molecule has 18 heavy (non-hydrogen) atoms. The Kier molecular flexibility index (Phi) is 5.23. The van der Waals surface area contributed by atoms with Gasteiger partial charge in [0.15, 0.2) is 0 Å². The van der Waals surface area contributed by atoms with Gasteiger partial charge in [-0.15, -0.1) is 0 Å². The van der Waals surface area contributed by atoms with Crippen LogP contribution in [-0.2, 0) is 22.4 Å². The van der Waals surface area contributed by atoms with Gasteiger partial charge in [-0.25, -0.2) is 0 Å². The molecule has 4 nitrogen and oxygen atoms in total. The predicted octanol–water partition coefficient (Wildman–Crippen LogP) is 2.08. The number of aryl methyl sites for hydroxylation is 1. The van der Waals surface area contributed by atoms with Crippen LogP contribution in [0.25, 0.3) is 0 Å². The van der Waals surface area contributed by atoms with E-state index in [9.17, 15) is 0 Å². The quantitative estimate of drug-likeness (QED) is 0.777. The van der Waals surface area contributed by atoms with E-state index in [1.807, 2.05) is 0 Å². The molecule has 1 aliphatic rings. The van der Waals surface area contributed by atoms with E-state index in [1.165, 1.54) is 0 Å². The molecule has 1 aromatic rings. The summed E-state index contributed by atoms with van der Waals surface area (Å²) in [6, 6.07) is 4.15. The molecule has 0 amide bonds. The molecule has 1 fully saturated rings. The summed E-state index contributed by atoms with van der Waals surface area (Å²) in [6.07, 6.45) is 2.33. The maximum Gasteiger partial charge on any atom is 0.118 e. The minimum absolute atomic E-state index is 0.189. The van der Waals surface area contributed by atoms with Crippen LogP contribution in [0, 0.1) is 0 Å². The fraction of sp³-hybridized carbons (Fsp3) is 0.714. The highest BCUT2D eigenvalue weighted by molar-refractivity contribution is 5.07. The van der Waals surface area contributed by atoms with Crippen molar-refractivity contribution >= 4 is 0 Å². The zero-order valence-electron chi connectivity index (χ0n) is 11.4.